The Balaban J connectivity index is 3.43. The van der Waals surface area contributed by atoms with E-state index in [4.69, 9.17) is 5.11 Å². The van der Waals surface area contributed by atoms with Gasteiger partial charge in [0.15, 0.2) is 6.61 Å². The number of hydrogen-bond donors (Lipinski definition) is 1. The minimum absolute atomic E-state index is 0.0670. The van der Waals surface area contributed by atoms with E-state index >= 15 is 0 Å². The molecule has 0 spiro atoms. The molecule has 3 heteroatoms. The first kappa shape index (κ1) is 9.99. The summed E-state index contributed by atoms with van der Waals surface area (Å²) in [6.45, 7) is 3.33. The molecular formula is C8H12O3. The van der Waals surface area contributed by atoms with E-state index in [-0.39, 0.29) is 12.6 Å². The maximum Gasteiger partial charge on any atom is 0.306 e. The summed E-state index contributed by atoms with van der Waals surface area (Å²) in [4.78, 5) is 10.5. The van der Waals surface area contributed by atoms with Gasteiger partial charge in [0.2, 0.25) is 0 Å². The van der Waals surface area contributed by atoms with Gasteiger partial charge in [0.05, 0.1) is 0 Å². The molecule has 0 heterocycles. The van der Waals surface area contributed by atoms with Gasteiger partial charge < -0.3 is 9.84 Å². The van der Waals surface area contributed by atoms with Crippen LogP contribution in [0.1, 0.15) is 20.3 Å². The highest BCUT2D eigenvalue weighted by molar-refractivity contribution is 5.69. The number of aliphatic hydroxyl groups is 1. The lowest BCUT2D eigenvalue weighted by Crippen LogP contribution is -2.02. The van der Waals surface area contributed by atoms with Crippen molar-refractivity contribution in [2.75, 3.05) is 6.61 Å². The molecule has 0 rings (SSSR count). The molecule has 1 unspecified atom stereocenters. The summed E-state index contributed by atoms with van der Waals surface area (Å²) >= 11 is 0. The molecule has 0 aromatic carbocycles. The van der Waals surface area contributed by atoms with E-state index in [1.807, 2.05) is 0 Å². The average molecular weight is 156 g/mol. The molecule has 0 bridgehead atoms. The van der Waals surface area contributed by atoms with Crippen LogP contribution in [-0.4, -0.2) is 23.8 Å². The molecule has 0 aliphatic rings. The van der Waals surface area contributed by atoms with Crippen LogP contribution >= 0.6 is 0 Å². The molecule has 1 atom stereocenters. The van der Waals surface area contributed by atoms with Crippen molar-refractivity contribution in [3.05, 3.63) is 0 Å². The second kappa shape index (κ2) is 5.75. The predicted octanol–water partition coefficient (Wildman–Crippen LogP) is 0.324. The highest BCUT2D eigenvalue weighted by Crippen LogP contribution is 1.82. The van der Waals surface area contributed by atoms with Gasteiger partial charge in [-0.05, 0) is 6.92 Å². The minimum Gasteiger partial charge on any atom is -0.452 e. The summed E-state index contributed by atoms with van der Waals surface area (Å²) < 4.78 is 4.62. The van der Waals surface area contributed by atoms with Gasteiger partial charge >= 0.3 is 5.97 Å². The number of carbonyl (C=O) groups is 1. The van der Waals surface area contributed by atoms with Crippen LogP contribution in [0.5, 0.6) is 0 Å². The number of aliphatic hydroxyl groups excluding tert-OH is 1. The third-order valence-corrected chi connectivity index (χ3v) is 0.905. The van der Waals surface area contributed by atoms with Crippen molar-refractivity contribution in [3.63, 3.8) is 0 Å². The Morgan fingerprint density at radius 3 is 2.82 bits per heavy atom. The van der Waals surface area contributed by atoms with E-state index in [1.165, 1.54) is 0 Å². The molecule has 0 aliphatic heterocycles. The van der Waals surface area contributed by atoms with E-state index in [0.717, 1.165) is 0 Å². The van der Waals surface area contributed by atoms with E-state index in [1.54, 1.807) is 13.8 Å². The molecule has 0 saturated carbocycles. The van der Waals surface area contributed by atoms with Crippen LogP contribution < -0.4 is 0 Å². The monoisotopic (exact) mass is 156 g/mol. The fraction of sp³-hybridized carbons (Fsp3) is 0.625. The summed E-state index contributed by atoms with van der Waals surface area (Å²) in [5.41, 5.74) is 0. The fourth-order valence-corrected chi connectivity index (χ4v) is 0.408. The van der Waals surface area contributed by atoms with Crippen LogP contribution in [0.2, 0.25) is 0 Å². The zero-order valence-electron chi connectivity index (χ0n) is 6.76. The van der Waals surface area contributed by atoms with Gasteiger partial charge in [0.25, 0.3) is 0 Å². The summed E-state index contributed by atoms with van der Waals surface area (Å²) in [5, 5.41) is 8.66. The van der Waals surface area contributed by atoms with Crippen LogP contribution in [0, 0.1) is 11.8 Å². The van der Waals surface area contributed by atoms with Crippen molar-refractivity contribution in [1.29, 1.82) is 0 Å². The van der Waals surface area contributed by atoms with E-state index in [2.05, 4.69) is 16.6 Å². The highest BCUT2D eigenvalue weighted by atomic mass is 16.5. The third-order valence-electron chi connectivity index (χ3n) is 0.905. The average Bonchev–Trinajstić information content (AvgIpc) is 1.97. The topological polar surface area (TPSA) is 46.5 Å². The SMILES string of the molecule is CCC(=O)OCC#CC(C)O. The van der Waals surface area contributed by atoms with E-state index in [9.17, 15) is 4.79 Å². The third kappa shape index (κ3) is 6.88. The van der Waals surface area contributed by atoms with Gasteiger partial charge in [0, 0.05) is 6.42 Å². The first-order chi connectivity index (χ1) is 5.16. The van der Waals surface area contributed by atoms with Gasteiger partial charge in [-0.25, -0.2) is 0 Å². The first-order valence-electron chi connectivity index (χ1n) is 3.49. The molecule has 62 valence electrons. The minimum atomic E-state index is -0.657. The van der Waals surface area contributed by atoms with Crippen molar-refractivity contribution in [3.8, 4) is 11.8 Å². The standard InChI is InChI=1S/C8H12O3/c1-3-8(10)11-6-4-5-7(2)9/h7,9H,3,6H2,1-2H3. The molecule has 1 N–H and O–H groups in total. The smallest absolute Gasteiger partial charge is 0.306 e. The lowest BCUT2D eigenvalue weighted by molar-refractivity contribution is -0.141. The lowest BCUT2D eigenvalue weighted by Gasteiger charge is -1.95. The second-order valence-corrected chi connectivity index (χ2v) is 2.01. The normalized spacial score (nSPS) is 11.2. The zero-order chi connectivity index (χ0) is 8.69. The summed E-state index contributed by atoms with van der Waals surface area (Å²) in [6, 6.07) is 0. The molecule has 0 fully saturated rings. The second-order valence-electron chi connectivity index (χ2n) is 2.01. The Labute approximate surface area is 66.4 Å². The summed E-state index contributed by atoms with van der Waals surface area (Å²) in [5.74, 6) is 4.69. The van der Waals surface area contributed by atoms with Gasteiger partial charge in [-0.1, -0.05) is 18.8 Å². The molecule has 0 aromatic rings. The van der Waals surface area contributed by atoms with Crippen LogP contribution in [-0.2, 0) is 9.53 Å². The van der Waals surface area contributed by atoms with E-state index in [0.29, 0.717) is 6.42 Å². The summed E-state index contributed by atoms with van der Waals surface area (Å²) in [7, 11) is 0. The number of rotatable bonds is 2. The van der Waals surface area contributed by atoms with Crippen LogP contribution in [0.25, 0.3) is 0 Å². The highest BCUT2D eigenvalue weighted by Gasteiger charge is 1.93. The first-order valence-corrected chi connectivity index (χ1v) is 3.49. The quantitative estimate of drug-likeness (QED) is 0.462. The Bertz CT molecular complexity index is 174. The molecular weight excluding hydrogens is 144 g/mol. The largest absolute Gasteiger partial charge is 0.452 e. The van der Waals surface area contributed by atoms with Gasteiger partial charge in [0.1, 0.15) is 6.10 Å². The molecule has 0 saturated heterocycles. The molecule has 0 aromatic heterocycles. The molecule has 0 radical (unpaired) electrons. The van der Waals surface area contributed by atoms with Crippen LogP contribution in [0.4, 0.5) is 0 Å². The predicted molar refractivity (Wildman–Crippen MR) is 40.7 cm³/mol. The van der Waals surface area contributed by atoms with Gasteiger partial charge in [-0.3, -0.25) is 4.79 Å². The number of esters is 1. The van der Waals surface area contributed by atoms with Crippen molar-refractivity contribution >= 4 is 5.97 Å². The molecule has 11 heavy (non-hydrogen) atoms. The van der Waals surface area contributed by atoms with Crippen LogP contribution in [0.3, 0.4) is 0 Å². The fourth-order valence-electron chi connectivity index (χ4n) is 0.408. The van der Waals surface area contributed by atoms with Crippen molar-refractivity contribution in [2.45, 2.75) is 26.4 Å². The molecule has 3 nitrogen and oxygen atoms in total. The van der Waals surface area contributed by atoms with Gasteiger partial charge in [-0.15, -0.1) is 0 Å². The van der Waals surface area contributed by atoms with Gasteiger partial charge in [-0.2, -0.15) is 0 Å². The Morgan fingerprint density at radius 1 is 1.73 bits per heavy atom. The Hall–Kier alpha value is -1.01. The lowest BCUT2D eigenvalue weighted by atomic mass is 10.4. The Kier molecular flexibility index (Phi) is 5.22. The molecule has 0 amide bonds. The number of ether oxygens (including phenoxy) is 1. The zero-order valence-corrected chi connectivity index (χ0v) is 6.76. The molecule has 0 aliphatic carbocycles. The van der Waals surface area contributed by atoms with Crippen molar-refractivity contribution in [1.82, 2.24) is 0 Å². The maximum absolute atomic E-state index is 10.5. The maximum atomic E-state index is 10.5. The van der Waals surface area contributed by atoms with Crippen LogP contribution in [0.15, 0.2) is 0 Å². The van der Waals surface area contributed by atoms with E-state index < -0.39 is 6.10 Å². The van der Waals surface area contributed by atoms with Crippen molar-refractivity contribution in [2.24, 2.45) is 0 Å². The summed E-state index contributed by atoms with van der Waals surface area (Å²) in [6.07, 6.45) is -0.300. The Morgan fingerprint density at radius 2 is 2.36 bits per heavy atom. The van der Waals surface area contributed by atoms with Crippen molar-refractivity contribution < 1.29 is 14.6 Å². The number of carbonyl (C=O) groups excluding carboxylic acids is 1. The number of hydrogen-bond acceptors (Lipinski definition) is 3.